The summed E-state index contributed by atoms with van der Waals surface area (Å²) in [4.78, 5) is 38.9. The van der Waals surface area contributed by atoms with Crippen molar-refractivity contribution in [2.24, 2.45) is 0 Å². The van der Waals surface area contributed by atoms with E-state index < -0.39 is 0 Å². The lowest BCUT2D eigenvalue weighted by atomic mass is 10.1. The van der Waals surface area contributed by atoms with E-state index in [0.29, 0.717) is 16.4 Å². The van der Waals surface area contributed by atoms with Gasteiger partial charge in [-0.3, -0.25) is 19.3 Å². The van der Waals surface area contributed by atoms with E-state index in [9.17, 15) is 14.4 Å². The molecule has 0 bridgehead atoms. The van der Waals surface area contributed by atoms with Crippen molar-refractivity contribution in [2.45, 2.75) is 13.3 Å². The number of imide groups is 1. The highest BCUT2D eigenvalue weighted by molar-refractivity contribution is 8.18. The van der Waals surface area contributed by atoms with Crippen LogP contribution in [0.1, 0.15) is 16.7 Å². The summed E-state index contributed by atoms with van der Waals surface area (Å²) < 4.78 is 16.2. The fourth-order valence-corrected chi connectivity index (χ4v) is 4.58. The quantitative estimate of drug-likeness (QED) is 0.553. The van der Waals surface area contributed by atoms with Crippen molar-refractivity contribution in [3.05, 3.63) is 64.3 Å². The third-order valence-corrected chi connectivity index (χ3v) is 6.30. The molecule has 8 nitrogen and oxygen atoms in total. The minimum Gasteiger partial charge on any atom is -0.464 e. The summed E-state index contributed by atoms with van der Waals surface area (Å²) in [7, 11) is 0. The molecule has 0 unspecified atom stereocenters. The fraction of sp³-hybridized carbons (Fsp3) is 0.208. The molecule has 3 amide bonds. The number of aryl methyl sites for hydroxylation is 1. The fourth-order valence-electron chi connectivity index (χ4n) is 3.72. The average Bonchev–Trinajstić information content (AvgIpc) is 3.48. The zero-order valence-corrected chi connectivity index (χ0v) is 18.6. The standard InChI is InChI=1S/C24H20N2O6S/c1-14-2-4-17-16(12-30-19(17)8-14)11-22(27)25-6-7-26-23(28)21(33-24(26)29)10-15-3-5-18-20(9-15)32-13-31-18/h2-5,8-10,12H,6-7,11,13H2,1H3,(H,25,27)/b21-10-. The van der Waals surface area contributed by atoms with Gasteiger partial charge in [0.25, 0.3) is 11.1 Å². The van der Waals surface area contributed by atoms with Crippen molar-refractivity contribution in [1.82, 2.24) is 10.2 Å². The van der Waals surface area contributed by atoms with Gasteiger partial charge in [0.05, 0.1) is 17.6 Å². The Bertz CT molecular complexity index is 1310. The first-order valence-corrected chi connectivity index (χ1v) is 11.2. The van der Waals surface area contributed by atoms with E-state index in [4.69, 9.17) is 13.9 Å². The van der Waals surface area contributed by atoms with Crippen LogP contribution in [-0.4, -0.2) is 41.8 Å². The van der Waals surface area contributed by atoms with Crippen molar-refractivity contribution in [1.29, 1.82) is 0 Å². The maximum absolute atomic E-state index is 12.7. The Morgan fingerprint density at radius 2 is 2.00 bits per heavy atom. The molecule has 9 heteroatoms. The van der Waals surface area contributed by atoms with Crippen LogP contribution in [0.15, 0.2) is 52.0 Å². The van der Waals surface area contributed by atoms with E-state index in [1.165, 1.54) is 0 Å². The molecule has 0 radical (unpaired) electrons. The number of benzene rings is 2. The lowest BCUT2D eigenvalue weighted by molar-refractivity contribution is -0.124. The minimum atomic E-state index is -0.381. The number of carbonyl (C=O) groups excluding carboxylic acids is 3. The molecule has 3 aromatic rings. The van der Waals surface area contributed by atoms with Gasteiger partial charge in [-0.1, -0.05) is 18.2 Å². The van der Waals surface area contributed by atoms with Crippen LogP contribution in [0.2, 0.25) is 0 Å². The van der Waals surface area contributed by atoms with E-state index in [1.54, 1.807) is 30.5 Å². The first-order valence-electron chi connectivity index (χ1n) is 10.4. The lowest BCUT2D eigenvalue weighted by Crippen LogP contribution is -2.37. The number of nitrogens with zero attached hydrogens (tertiary/aromatic N) is 1. The molecule has 33 heavy (non-hydrogen) atoms. The Balaban J connectivity index is 1.17. The summed E-state index contributed by atoms with van der Waals surface area (Å²) in [6.07, 6.45) is 3.39. The Kier molecular flexibility index (Phi) is 5.55. The van der Waals surface area contributed by atoms with Crippen LogP contribution in [0.5, 0.6) is 11.5 Å². The molecule has 0 aliphatic carbocycles. The molecule has 1 N–H and O–H groups in total. The number of fused-ring (bicyclic) bond motifs is 2. The second-order valence-corrected chi connectivity index (χ2v) is 8.73. The molecule has 2 aromatic carbocycles. The minimum absolute atomic E-state index is 0.0974. The molecule has 0 spiro atoms. The summed E-state index contributed by atoms with van der Waals surface area (Å²) in [5.74, 6) is 0.662. The number of carbonyl (C=O) groups is 3. The molecule has 2 aliphatic rings. The molecular formula is C24H20N2O6S. The smallest absolute Gasteiger partial charge is 0.293 e. The molecule has 0 saturated carbocycles. The number of ether oxygens (including phenoxy) is 2. The predicted octanol–water partition coefficient (Wildman–Crippen LogP) is 3.87. The Morgan fingerprint density at radius 1 is 1.15 bits per heavy atom. The normalized spacial score (nSPS) is 16.3. The van der Waals surface area contributed by atoms with E-state index in [1.807, 2.05) is 25.1 Å². The van der Waals surface area contributed by atoms with Crippen LogP contribution in [0.4, 0.5) is 4.79 Å². The monoisotopic (exact) mass is 464 g/mol. The molecule has 1 saturated heterocycles. The van der Waals surface area contributed by atoms with Crippen molar-refractivity contribution in [3.63, 3.8) is 0 Å². The third kappa shape index (κ3) is 4.31. The SMILES string of the molecule is Cc1ccc2c(CC(=O)NCCN3C(=O)S/C(=C\c4ccc5c(c4)OCO5)C3=O)coc2c1. The molecule has 1 aromatic heterocycles. The molecule has 5 rings (SSSR count). The summed E-state index contributed by atoms with van der Waals surface area (Å²) >= 11 is 0.876. The molecule has 168 valence electrons. The number of hydrogen-bond donors (Lipinski definition) is 1. The summed E-state index contributed by atoms with van der Waals surface area (Å²) in [5, 5.41) is 3.31. The van der Waals surface area contributed by atoms with Gasteiger partial charge in [-0.15, -0.1) is 0 Å². The topological polar surface area (TPSA) is 98.1 Å². The summed E-state index contributed by atoms with van der Waals surface area (Å²) in [6, 6.07) is 11.1. The highest BCUT2D eigenvalue weighted by Crippen LogP contribution is 2.36. The molecule has 1 fully saturated rings. The van der Waals surface area contributed by atoms with Gasteiger partial charge in [0.2, 0.25) is 12.7 Å². The third-order valence-electron chi connectivity index (χ3n) is 5.39. The Labute approximate surface area is 193 Å². The summed E-state index contributed by atoms with van der Waals surface area (Å²) in [6.45, 7) is 2.41. The van der Waals surface area contributed by atoms with Crippen LogP contribution in [-0.2, 0) is 16.0 Å². The van der Waals surface area contributed by atoms with Gasteiger partial charge >= 0.3 is 0 Å². The van der Waals surface area contributed by atoms with Gasteiger partial charge in [-0.05, 0) is 54.1 Å². The van der Waals surface area contributed by atoms with Crippen LogP contribution < -0.4 is 14.8 Å². The van der Waals surface area contributed by atoms with Crippen molar-refractivity contribution in [3.8, 4) is 11.5 Å². The highest BCUT2D eigenvalue weighted by atomic mass is 32.2. The molecule has 2 aliphatic heterocycles. The Morgan fingerprint density at radius 3 is 2.88 bits per heavy atom. The largest absolute Gasteiger partial charge is 0.464 e. The first kappa shape index (κ1) is 21.1. The second kappa shape index (κ2) is 8.67. The molecule has 0 atom stereocenters. The van der Waals surface area contributed by atoms with Gasteiger partial charge in [0.15, 0.2) is 11.5 Å². The van der Waals surface area contributed by atoms with Gasteiger partial charge in [-0.25, -0.2) is 0 Å². The number of thioether (sulfide) groups is 1. The predicted molar refractivity (Wildman–Crippen MR) is 123 cm³/mol. The zero-order valence-electron chi connectivity index (χ0n) is 17.8. The van der Waals surface area contributed by atoms with Crippen LogP contribution in [0.3, 0.4) is 0 Å². The zero-order chi connectivity index (χ0) is 22.9. The average molecular weight is 464 g/mol. The number of rotatable bonds is 6. The van der Waals surface area contributed by atoms with E-state index in [0.717, 1.165) is 44.3 Å². The van der Waals surface area contributed by atoms with E-state index in [-0.39, 0.29) is 43.4 Å². The first-order chi connectivity index (χ1) is 16.0. The van der Waals surface area contributed by atoms with Crippen LogP contribution >= 0.6 is 11.8 Å². The number of amides is 3. The second-order valence-electron chi connectivity index (χ2n) is 7.73. The maximum Gasteiger partial charge on any atom is 0.293 e. The van der Waals surface area contributed by atoms with Gasteiger partial charge < -0.3 is 19.2 Å². The summed E-state index contributed by atoms with van der Waals surface area (Å²) in [5.41, 5.74) is 3.35. The van der Waals surface area contributed by atoms with Crippen molar-refractivity contribution < 1.29 is 28.3 Å². The number of hydrogen-bond acceptors (Lipinski definition) is 7. The van der Waals surface area contributed by atoms with Gasteiger partial charge in [-0.2, -0.15) is 0 Å². The van der Waals surface area contributed by atoms with Gasteiger partial charge in [0, 0.05) is 24.0 Å². The van der Waals surface area contributed by atoms with E-state index in [2.05, 4.69) is 5.32 Å². The van der Waals surface area contributed by atoms with Crippen molar-refractivity contribution in [2.75, 3.05) is 19.9 Å². The van der Waals surface area contributed by atoms with E-state index >= 15 is 0 Å². The highest BCUT2D eigenvalue weighted by Gasteiger charge is 2.34. The lowest BCUT2D eigenvalue weighted by Gasteiger charge is -2.12. The Hall–Kier alpha value is -3.72. The number of nitrogens with one attached hydrogen (secondary N) is 1. The molecular weight excluding hydrogens is 444 g/mol. The molecule has 3 heterocycles. The van der Waals surface area contributed by atoms with Crippen LogP contribution in [0, 0.1) is 6.92 Å². The van der Waals surface area contributed by atoms with Crippen LogP contribution in [0.25, 0.3) is 17.0 Å². The van der Waals surface area contributed by atoms with Crippen molar-refractivity contribution >= 4 is 45.9 Å². The number of furan rings is 1. The van der Waals surface area contributed by atoms with Gasteiger partial charge in [0.1, 0.15) is 5.58 Å². The maximum atomic E-state index is 12.7.